The van der Waals surface area contributed by atoms with Crippen molar-refractivity contribution in [2.24, 2.45) is 7.05 Å². The largest absolute Gasteiger partial charge is 0.354 e. The van der Waals surface area contributed by atoms with Gasteiger partial charge in [-0.2, -0.15) is 0 Å². The highest BCUT2D eigenvalue weighted by Gasteiger charge is 2.10. The Balaban J connectivity index is 1.88. The van der Waals surface area contributed by atoms with Gasteiger partial charge in [0.2, 0.25) is 5.91 Å². The lowest BCUT2D eigenvalue weighted by atomic mass is 10.1. The highest BCUT2D eigenvalue weighted by atomic mass is 16.2. The summed E-state index contributed by atoms with van der Waals surface area (Å²) in [5, 5.41) is 8.52. The van der Waals surface area contributed by atoms with Crippen molar-refractivity contribution in [2.75, 3.05) is 10.6 Å². The minimum absolute atomic E-state index is 0.0498. The first-order valence-corrected chi connectivity index (χ1v) is 8.41. The molecule has 2 rings (SSSR count). The molecule has 1 atom stereocenters. The molecule has 6 nitrogen and oxygen atoms in total. The Morgan fingerprint density at radius 3 is 2.60 bits per heavy atom. The second-order valence-corrected chi connectivity index (χ2v) is 6.36. The van der Waals surface area contributed by atoms with E-state index in [2.05, 4.69) is 26.6 Å². The Morgan fingerprint density at radius 2 is 1.96 bits per heavy atom. The summed E-state index contributed by atoms with van der Waals surface area (Å²) in [7, 11) is 2.02. The number of rotatable bonds is 6. The Kier molecular flexibility index (Phi) is 6.22. The monoisotopic (exact) mass is 342 g/mol. The fourth-order valence-corrected chi connectivity index (χ4v) is 2.61. The van der Waals surface area contributed by atoms with Crippen LogP contribution in [0.5, 0.6) is 0 Å². The van der Waals surface area contributed by atoms with E-state index in [4.69, 9.17) is 0 Å². The average Bonchev–Trinajstić information content (AvgIpc) is 2.93. The zero-order chi connectivity index (χ0) is 18.4. The van der Waals surface area contributed by atoms with E-state index in [1.807, 2.05) is 45.3 Å². The SMILES string of the molecule is CC(=O)Nc1ccc(C)c(NC(=O)NC(C)CCc2cccn2C)c1. The third-order valence-corrected chi connectivity index (χ3v) is 4.07. The number of nitrogens with one attached hydrogen (secondary N) is 3. The number of benzene rings is 1. The van der Waals surface area contributed by atoms with E-state index in [1.54, 1.807) is 6.07 Å². The van der Waals surface area contributed by atoms with Gasteiger partial charge in [-0.1, -0.05) is 6.07 Å². The Labute approximate surface area is 148 Å². The van der Waals surface area contributed by atoms with E-state index in [0.717, 1.165) is 18.4 Å². The molecule has 1 unspecified atom stereocenters. The topological polar surface area (TPSA) is 75.2 Å². The summed E-state index contributed by atoms with van der Waals surface area (Å²) in [6.07, 6.45) is 3.78. The first-order chi connectivity index (χ1) is 11.8. The number of hydrogen-bond donors (Lipinski definition) is 3. The summed E-state index contributed by atoms with van der Waals surface area (Å²) in [6.45, 7) is 5.35. The molecular formula is C19H26N4O2. The van der Waals surface area contributed by atoms with Crippen LogP contribution in [0.25, 0.3) is 0 Å². The van der Waals surface area contributed by atoms with Crippen LogP contribution >= 0.6 is 0 Å². The number of carbonyl (C=O) groups is 2. The maximum absolute atomic E-state index is 12.2. The van der Waals surface area contributed by atoms with Crippen LogP contribution in [0.4, 0.5) is 16.2 Å². The highest BCUT2D eigenvalue weighted by molar-refractivity contribution is 5.93. The second kappa shape index (κ2) is 8.37. The van der Waals surface area contributed by atoms with Gasteiger partial charge in [0.25, 0.3) is 0 Å². The predicted octanol–water partition coefficient (Wildman–Crippen LogP) is 3.43. The molecule has 0 fully saturated rings. The lowest BCUT2D eigenvalue weighted by molar-refractivity contribution is -0.114. The predicted molar refractivity (Wildman–Crippen MR) is 101 cm³/mol. The van der Waals surface area contributed by atoms with Gasteiger partial charge in [0.1, 0.15) is 0 Å². The minimum atomic E-state index is -0.248. The average molecular weight is 342 g/mol. The summed E-state index contributed by atoms with van der Waals surface area (Å²) >= 11 is 0. The van der Waals surface area contributed by atoms with Crippen molar-refractivity contribution in [3.8, 4) is 0 Å². The summed E-state index contributed by atoms with van der Waals surface area (Å²) < 4.78 is 2.09. The summed E-state index contributed by atoms with van der Waals surface area (Å²) in [6, 6.07) is 9.33. The molecule has 0 aliphatic heterocycles. The van der Waals surface area contributed by atoms with Gasteiger partial charge in [0, 0.05) is 43.3 Å². The van der Waals surface area contributed by atoms with E-state index < -0.39 is 0 Å². The molecule has 1 aromatic carbocycles. The maximum atomic E-state index is 12.2. The third-order valence-electron chi connectivity index (χ3n) is 4.07. The molecule has 1 aromatic heterocycles. The summed E-state index contributed by atoms with van der Waals surface area (Å²) in [4.78, 5) is 23.4. The van der Waals surface area contributed by atoms with Crippen LogP contribution in [-0.4, -0.2) is 22.5 Å². The van der Waals surface area contributed by atoms with Crippen molar-refractivity contribution >= 4 is 23.3 Å². The lowest BCUT2D eigenvalue weighted by Gasteiger charge is -2.16. The molecule has 2 aromatic rings. The molecule has 0 saturated heterocycles. The van der Waals surface area contributed by atoms with Crippen molar-refractivity contribution in [3.05, 3.63) is 47.8 Å². The van der Waals surface area contributed by atoms with E-state index in [9.17, 15) is 9.59 Å². The normalized spacial score (nSPS) is 11.7. The van der Waals surface area contributed by atoms with Crippen LogP contribution in [0, 0.1) is 6.92 Å². The number of aryl methyl sites for hydroxylation is 3. The molecule has 0 saturated carbocycles. The van der Waals surface area contributed by atoms with Gasteiger partial charge in [-0.15, -0.1) is 0 Å². The zero-order valence-corrected chi connectivity index (χ0v) is 15.2. The summed E-state index contributed by atoms with van der Waals surface area (Å²) in [5.74, 6) is -0.145. The van der Waals surface area contributed by atoms with Gasteiger partial charge in [0.05, 0.1) is 0 Å². The molecular weight excluding hydrogens is 316 g/mol. The summed E-state index contributed by atoms with van der Waals surface area (Å²) in [5.41, 5.74) is 3.51. The Bertz CT molecular complexity index is 752. The number of anilines is 2. The minimum Gasteiger partial charge on any atom is -0.354 e. The Hall–Kier alpha value is -2.76. The van der Waals surface area contributed by atoms with Crippen LogP contribution in [0.2, 0.25) is 0 Å². The van der Waals surface area contributed by atoms with Crippen molar-refractivity contribution in [1.29, 1.82) is 0 Å². The van der Waals surface area contributed by atoms with E-state index in [1.165, 1.54) is 12.6 Å². The van der Waals surface area contributed by atoms with E-state index in [-0.39, 0.29) is 18.0 Å². The molecule has 1 heterocycles. The van der Waals surface area contributed by atoms with Gasteiger partial charge in [-0.25, -0.2) is 4.79 Å². The zero-order valence-electron chi connectivity index (χ0n) is 15.2. The van der Waals surface area contributed by atoms with Crippen LogP contribution in [-0.2, 0) is 18.3 Å². The molecule has 3 N–H and O–H groups in total. The number of urea groups is 1. The molecule has 6 heteroatoms. The number of carbonyl (C=O) groups excluding carboxylic acids is 2. The molecule has 25 heavy (non-hydrogen) atoms. The van der Waals surface area contributed by atoms with Crippen LogP contribution in [0.15, 0.2) is 36.5 Å². The number of aromatic nitrogens is 1. The van der Waals surface area contributed by atoms with Crippen molar-refractivity contribution in [3.63, 3.8) is 0 Å². The van der Waals surface area contributed by atoms with Gasteiger partial charge in [-0.3, -0.25) is 4.79 Å². The molecule has 0 spiro atoms. The van der Waals surface area contributed by atoms with Gasteiger partial charge in [-0.05, 0) is 56.5 Å². The number of amides is 3. The lowest BCUT2D eigenvalue weighted by Crippen LogP contribution is -2.36. The van der Waals surface area contributed by atoms with Crippen LogP contribution < -0.4 is 16.0 Å². The third kappa shape index (κ3) is 5.67. The van der Waals surface area contributed by atoms with Crippen molar-refractivity contribution in [1.82, 2.24) is 9.88 Å². The Morgan fingerprint density at radius 1 is 1.20 bits per heavy atom. The van der Waals surface area contributed by atoms with Crippen molar-refractivity contribution < 1.29 is 9.59 Å². The molecule has 0 aliphatic carbocycles. The van der Waals surface area contributed by atoms with Crippen molar-refractivity contribution in [2.45, 2.75) is 39.7 Å². The highest BCUT2D eigenvalue weighted by Crippen LogP contribution is 2.20. The first kappa shape index (κ1) is 18.6. The smallest absolute Gasteiger partial charge is 0.319 e. The molecule has 0 radical (unpaired) electrons. The van der Waals surface area contributed by atoms with Gasteiger partial charge >= 0.3 is 6.03 Å². The van der Waals surface area contributed by atoms with Crippen LogP contribution in [0.1, 0.15) is 31.5 Å². The number of hydrogen-bond acceptors (Lipinski definition) is 2. The molecule has 0 bridgehead atoms. The first-order valence-electron chi connectivity index (χ1n) is 8.41. The van der Waals surface area contributed by atoms with E-state index >= 15 is 0 Å². The molecule has 134 valence electrons. The quantitative estimate of drug-likeness (QED) is 0.752. The standard InChI is InChI=1S/C19H26N4O2/c1-13-7-9-16(21-15(3)24)12-18(13)22-19(25)20-14(2)8-10-17-6-5-11-23(17)4/h5-7,9,11-12,14H,8,10H2,1-4H3,(H,21,24)(H2,20,22,25). The second-order valence-electron chi connectivity index (χ2n) is 6.36. The van der Waals surface area contributed by atoms with Gasteiger partial charge < -0.3 is 20.5 Å². The number of nitrogens with zero attached hydrogens (tertiary/aromatic N) is 1. The fourth-order valence-electron chi connectivity index (χ4n) is 2.61. The van der Waals surface area contributed by atoms with E-state index in [0.29, 0.717) is 11.4 Å². The fraction of sp³-hybridized carbons (Fsp3) is 0.368. The maximum Gasteiger partial charge on any atom is 0.319 e. The molecule has 3 amide bonds. The van der Waals surface area contributed by atoms with Crippen LogP contribution in [0.3, 0.4) is 0 Å². The van der Waals surface area contributed by atoms with Gasteiger partial charge in [0.15, 0.2) is 0 Å². The molecule has 0 aliphatic rings.